The van der Waals surface area contributed by atoms with Gasteiger partial charge in [-0.25, -0.2) is 17.9 Å². The third-order valence-electron chi connectivity index (χ3n) is 5.45. The summed E-state index contributed by atoms with van der Waals surface area (Å²) in [5.74, 6) is -1.72. The molecule has 0 spiro atoms. The minimum atomic E-state index is -3.75. The van der Waals surface area contributed by atoms with E-state index in [9.17, 15) is 22.8 Å². The molecule has 0 bridgehead atoms. The van der Waals surface area contributed by atoms with Crippen molar-refractivity contribution >= 4 is 33.4 Å². The van der Waals surface area contributed by atoms with Crippen LogP contribution in [0.5, 0.6) is 0 Å². The minimum Gasteiger partial charge on any atom is -0.452 e. The number of carbonyl (C=O) groups excluding carboxylic acids is 3. The van der Waals surface area contributed by atoms with Crippen LogP contribution in [-0.4, -0.2) is 38.7 Å². The second kappa shape index (κ2) is 10.2. The topological polar surface area (TPSA) is 119 Å². The quantitative estimate of drug-likeness (QED) is 0.349. The molecule has 0 radical (unpaired) electrons. The lowest BCUT2D eigenvalue weighted by atomic mass is 10.0. The van der Waals surface area contributed by atoms with Crippen molar-refractivity contribution in [3.8, 4) is 0 Å². The van der Waals surface area contributed by atoms with Gasteiger partial charge in [0.25, 0.3) is 5.91 Å². The molecule has 0 saturated heterocycles. The van der Waals surface area contributed by atoms with Gasteiger partial charge in [0.2, 0.25) is 10.0 Å². The number of amides is 1. The Balaban J connectivity index is 1.42. The molecule has 1 aliphatic carbocycles. The average molecular weight is 493 g/mol. The fourth-order valence-electron chi connectivity index (χ4n) is 3.41. The van der Waals surface area contributed by atoms with Crippen LogP contribution in [0.3, 0.4) is 0 Å². The molecule has 0 unspecified atom stereocenters. The predicted octanol–water partition coefficient (Wildman–Crippen LogP) is 3.46. The molecule has 35 heavy (non-hydrogen) atoms. The monoisotopic (exact) mass is 492 g/mol. The summed E-state index contributed by atoms with van der Waals surface area (Å²) in [6.45, 7) is 1.04. The Labute approximate surface area is 203 Å². The van der Waals surface area contributed by atoms with E-state index in [1.807, 2.05) is 0 Å². The lowest BCUT2D eigenvalue weighted by Crippen LogP contribution is -2.26. The van der Waals surface area contributed by atoms with Gasteiger partial charge in [-0.2, -0.15) is 0 Å². The van der Waals surface area contributed by atoms with Crippen LogP contribution in [0.1, 0.15) is 44.7 Å². The molecule has 0 aromatic heterocycles. The van der Waals surface area contributed by atoms with Gasteiger partial charge in [-0.1, -0.05) is 48.5 Å². The molecule has 3 aromatic carbocycles. The number of ether oxygens (including phenoxy) is 1. The van der Waals surface area contributed by atoms with Gasteiger partial charge < -0.3 is 10.1 Å². The van der Waals surface area contributed by atoms with Crippen molar-refractivity contribution < 1.29 is 27.5 Å². The number of aryl methyl sites for hydroxylation is 1. The van der Waals surface area contributed by atoms with Gasteiger partial charge in [0.05, 0.1) is 16.1 Å². The Morgan fingerprint density at radius 2 is 1.60 bits per heavy atom. The lowest BCUT2D eigenvalue weighted by molar-refractivity contribution is -0.119. The first kappa shape index (κ1) is 24.3. The van der Waals surface area contributed by atoms with Crippen molar-refractivity contribution in [2.24, 2.45) is 0 Å². The Morgan fingerprint density at radius 1 is 0.914 bits per heavy atom. The number of hydrogen-bond donors (Lipinski definition) is 2. The van der Waals surface area contributed by atoms with Gasteiger partial charge in [0.1, 0.15) is 0 Å². The normalized spacial score (nSPS) is 13.2. The molecule has 2 N–H and O–H groups in total. The highest BCUT2D eigenvalue weighted by atomic mass is 32.2. The molecule has 4 rings (SSSR count). The second-order valence-corrected chi connectivity index (χ2v) is 9.95. The van der Waals surface area contributed by atoms with Gasteiger partial charge in [0, 0.05) is 17.2 Å². The smallest absolute Gasteiger partial charge is 0.338 e. The molecule has 9 heteroatoms. The van der Waals surface area contributed by atoms with Crippen LogP contribution in [0.2, 0.25) is 0 Å². The number of ketones is 1. The Bertz CT molecular complexity index is 1380. The largest absolute Gasteiger partial charge is 0.452 e. The SMILES string of the molecule is Cc1ccc(S(=O)(=O)NC2CC2)cc1C(=O)OCC(=O)Nc1ccccc1C(=O)c1ccccc1. The van der Waals surface area contributed by atoms with E-state index in [-0.39, 0.29) is 28.0 Å². The molecule has 180 valence electrons. The zero-order valence-corrected chi connectivity index (χ0v) is 19.8. The Hall–Kier alpha value is -3.82. The number of benzene rings is 3. The molecule has 1 amide bonds. The number of para-hydroxylation sites is 1. The van der Waals surface area contributed by atoms with E-state index in [4.69, 9.17) is 4.74 Å². The summed E-state index contributed by atoms with van der Waals surface area (Å²) in [6.07, 6.45) is 1.57. The first-order valence-electron chi connectivity index (χ1n) is 11.0. The van der Waals surface area contributed by atoms with Crippen LogP contribution < -0.4 is 10.0 Å². The summed E-state index contributed by atoms with van der Waals surface area (Å²) in [6, 6.07) is 19.3. The number of sulfonamides is 1. The first-order valence-corrected chi connectivity index (χ1v) is 12.5. The van der Waals surface area contributed by atoms with E-state index in [0.29, 0.717) is 16.7 Å². The molecule has 3 aromatic rings. The highest BCUT2D eigenvalue weighted by molar-refractivity contribution is 7.89. The van der Waals surface area contributed by atoms with Crippen LogP contribution in [0.4, 0.5) is 5.69 Å². The standard InChI is InChI=1S/C26H24N2O6S/c1-17-11-14-20(35(32,33)28-19-12-13-19)15-22(17)26(31)34-16-24(29)27-23-10-6-5-9-21(23)25(30)18-7-3-2-4-8-18/h2-11,14-15,19,28H,12-13,16H2,1H3,(H,27,29). The molecule has 1 fully saturated rings. The average Bonchev–Trinajstić information content (AvgIpc) is 3.66. The predicted molar refractivity (Wildman–Crippen MR) is 130 cm³/mol. The van der Waals surface area contributed by atoms with Crippen molar-refractivity contribution in [2.75, 3.05) is 11.9 Å². The van der Waals surface area contributed by atoms with Gasteiger partial charge in [-0.15, -0.1) is 0 Å². The van der Waals surface area contributed by atoms with E-state index in [2.05, 4.69) is 10.0 Å². The van der Waals surface area contributed by atoms with Crippen LogP contribution in [0.25, 0.3) is 0 Å². The van der Waals surface area contributed by atoms with Gasteiger partial charge >= 0.3 is 5.97 Å². The molecule has 0 atom stereocenters. The van der Waals surface area contributed by atoms with Gasteiger partial charge in [0.15, 0.2) is 12.4 Å². The second-order valence-electron chi connectivity index (χ2n) is 8.24. The Kier molecular flexibility index (Phi) is 7.09. The molecular formula is C26H24N2O6S. The number of anilines is 1. The number of carbonyl (C=O) groups is 3. The lowest BCUT2D eigenvalue weighted by Gasteiger charge is -2.12. The van der Waals surface area contributed by atoms with E-state index in [1.54, 1.807) is 61.5 Å². The highest BCUT2D eigenvalue weighted by Gasteiger charge is 2.28. The van der Waals surface area contributed by atoms with Crippen molar-refractivity contribution in [2.45, 2.75) is 30.7 Å². The maximum atomic E-state index is 12.8. The first-order chi connectivity index (χ1) is 16.7. The zero-order chi connectivity index (χ0) is 25.0. The minimum absolute atomic E-state index is 0.0419. The molecule has 8 nitrogen and oxygen atoms in total. The number of nitrogens with one attached hydrogen (secondary N) is 2. The number of esters is 1. The fraction of sp³-hybridized carbons (Fsp3) is 0.192. The summed E-state index contributed by atoms with van der Waals surface area (Å²) in [5, 5.41) is 2.60. The molecule has 0 heterocycles. The van der Waals surface area contributed by atoms with Crippen LogP contribution in [-0.2, 0) is 19.6 Å². The fourth-order valence-corrected chi connectivity index (χ4v) is 4.74. The summed E-state index contributed by atoms with van der Waals surface area (Å²) < 4.78 is 32.6. The van der Waals surface area contributed by atoms with Crippen LogP contribution in [0.15, 0.2) is 77.7 Å². The van der Waals surface area contributed by atoms with E-state index >= 15 is 0 Å². The molecular weight excluding hydrogens is 468 g/mol. The maximum Gasteiger partial charge on any atom is 0.338 e. The van der Waals surface area contributed by atoms with Gasteiger partial charge in [-0.05, 0) is 49.6 Å². The number of hydrogen-bond acceptors (Lipinski definition) is 6. The van der Waals surface area contributed by atoms with Gasteiger partial charge in [-0.3, -0.25) is 9.59 Å². The zero-order valence-electron chi connectivity index (χ0n) is 19.0. The molecule has 0 aliphatic heterocycles. The summed E-state index contributed by atoms with van der Waals surface area (Å²) >= 11 is 0. The van der Waals surface area contributed by atoms with Crippen molar-refractivity contribution in [3.63, 3.8) is 0 Å². The third-order valence-corrected chi connectivity index (χ3v) is 6.97. The number of rotatable bonds is 9. The van der Waals surface area contributed by atoms with Crippen molar-refractivity contribution in [3.05, 3.63) is 95.1 Å². The summed E-state index contributed by atoms with van der Waals surface area (Å²) in [4.78, 5) is 37.9. The Morgan fingerprint density at radius 3 is 2.31 bits per heavy atom. The highest BCUT2D eigenvalue weighted by Crippen LogP contribution is 2.24. The third kappa shape index (κ3) is 6.00. The van der Waals surface area contributed by atoms with E-state index < -0.39 is 28.5 Å². The van der Waals surface area contributed by atoms with Crippen molar-refractivity contribution in [1.29, 1.82) is 0 Å². The van der Waals surface area contributed by atoms with Crippen molar-refractivity contribution in [1.82, 2.24) is 4.72 Å². The maximum absolute atomic E-state index is 12.8. The van der Waals surface area contributed by atoms with Crippen LogP contribution in [0, 0.1) is 6.92 Å². The van der Waals surface area contributed by atoms with E-state index in [1.165, 1.54) is 18.2 Å². The molecule has 1 aliphatic rings. The summed E-state index contributed by atoms with van der Waals surface area (Å²) in [7, 11) is -3.75. The molecule has 1 saturated carbocycles. The summed E-state index contributed by atoms with van der Waals surface area (Å²) in [5.41, 5.74) is 1.63. The van der Waals surface area contributed by atoms with E-state index in [0.717, 1.165) is 12.8 Å². The van der Waals surface area contributed by atoms with Crippen LogP contribution >= 0.6 is 0 Å².